The number of carbonyl (C=O) groups is 1. The monoisotopic (exact) mass is 324 g/mol. The van der Waals surface area contributed by atoms with Crippen molar-refractivity contribution >= 4 is 45.6 Å². The minimum Gasteiger partial charge on any atom is -0.336 e. The maximum absolute atomic E-state index is 12.0. The number of piperazine rings is 1. The molecule has 1 aromatic heterocycles. The summed E-state index contributed by atoms with van der Waals surface area (Å²) in [4.78, 5) is 14.0. The first-order valence-electron chi connectivity index (χ1n) is 4.93. The van der Waals surface area contributed by atoms with Crippen LogP contribution < -0.4 is 5.32 Å². The highest BCUT2D eigenvalue weighted by Crippen LogP contribution is 2.22. The molecule has 2 rings (SSSR count). The van der Waals surface area contributed by atoms with Crippen LogP contribution in [0.5, 0.6) is 0 Å². The van der Waals surface area contributed by atoms with E-state index in [-0.39, 0.29) is 18.3 Å². The Hall–Kier alpha value is -0.100. The summed E-state index contributed by atoms with van der Waals surface area (Å²) in [6, 6.07) is 2.28. The van der Waals surface area contributed by atoms with Crippen molar-refractivity contribution in [2.45, 2.75) is 13.0 Å². The van der Waals surface area contributed by atoms with E-state index < -0.39 is 0 Å². The van der Waals surface area contributed by atoms with Crippen molar-refractivity contribution < 1.29 is 4.79 Å². The molecule has 3 nitrogen and oxygen atoms in total. The predicted molar refractivity (Wildman–Crippen MR) is 72.6 cm³/mol. The predicted octanol–water partition coefficient (Wildman–Crippen LogP) is 2.37. The second-order valence-corrected chi connectivity index (χ2v) is 6.04. The van der Waals surface area contributed by atoms with Gasteiger partial charge in [-0.3, -0.25) is 4.79 Å². The van der Waals surface area contributed by atoms with Crippen molar-refractivity contribution in [3.63, 3.8) is 0 Å². The van der Waals surface area contributed by atoms with E-state index in [9.17, 15) is 4.79 Å². The van der Waals surface area contributed by atoms with Gasteiger partial charge in [0.25, 0.3) is 5.91 Å². The fourth-order valence-corrected chi connectivity index (χ4v) is 2.85. The standard InChI is InChI=1S/C10H13BrN2OS.ClH/c1-7-5-13(3-2-12-7)10(14)8-4-9(11)15-6-8;/h4,6-7,12H,2-3,5H2,1H3;1H/t7-;/m1./s1. The lowest BCUT2D eigenvalue weighted by atomic mass is 10.2. The van der Waals surface area contributed by atoms with E-state index in [0.717, 1.165) is 29.0 Å². The Kier molecular flexibility index (Phi) is 5.24. The largest absolute Gasteiger partial charge is 0.336 e. The van der Waals surface area contributed by atoms with Crippen molar-refractivity contribution in [1.82, 2.24) is 10.2 Å². The molecule has 6 heteroatoms. The van der Waals surface area contributed by atoms with Crippen LogP contribution in [0.2, 0.25) is 0 Å². The Morgan fingerprint density at radius 1 is 1.69 bits per heavy atom. The summed E-state index contributed by atoms with van der Waals surface area (Å²) >= 11 is 4.92. The number of hydrogen-bond donors (Lipinski definition) is 1. The van der Waals surface area contributed by atoms with E-state index in [2.05, 4.69) is 28.2 Å². The molecule has 0 unspecified atom stereocenters. The minimum absolute atomic E-state index is 0. The Morgan fingerprint density at radius 3 is 3.00 bits per heavy atom. The molecule has 1 N–H and O–H groups in total. The number of halogens is 2. The van der Waals surface area contributed by atoms with Gasteiger partial charge >= 0.3 is 0 Å². The molecule has 1 saturated heterocycles. The number of hydrogen-bond acceptors (Lipinski definition) is 3. The molecular weight excluding hydrogens is 312 g/mol. The number of rotatable bonds is 1. The normalized spacial score (nSPS) is 20.4. The second-order valence-electron chi connectivity index (χ2n) is 3.75. The molecule has 1 aromatic rings. The zero-order valence-corrected chi connectivity index (χ0v) is 12.1. The van der Waals surface area contributed by atoms with Gasteiger partial charge in [-0.1, -0.05) is 0 Å². The molecule has 0 spiro atoms. The third-order valence-electron chi connectivity index (χ3n) is 2.47. The van der Waals surface area contributed by atoms with Crippen LogP contribution in [-0.2, 0) is 0 Å². The molecular formula is C10H14BrClN2OS. The van der Waals surface area contributed by atoms with Crippen molar-refractivity contribution in [3.8, 4) is 0 Å². The lowest BCUT2D eigenvalue weighted by molar-refractivity contribution is 0.0709. The van der Waals surface area contributed by atoms with Crippen LogP contribution in [0.25, 0.3) is 0 Å². The molecule has 0 bridgehead atoms. The van der Waals surface area contributed by atoms with Crippen molar-refractivity contribution in [1.29, 1.82) is 0 Å². The third kappa shape index (κ3) is 3.20. The molecule has 16 heavy (non-hydrogen) atoms. The van der Waals surface area contributed by atoms with E-state index in [1.807, 2.05) is 16.3 Å². The van der Waals surface area contributed by atoms with E-state index >= 15 is 0 Å². The topological polar surface area (TPSA) is 32.3 Å². The number of carbonyl (C=O) groups excluding carboxylic acids is 1. The van der Waals surface area contributed by atoms with Gasteiger partial charge in [0.1, 0.15) is 0 Å². The van der Waals surface area contributed by atoms with Crippen LogP contribution in [0, 0.1) is 0 Å². The SMILES string of the molecule is C[C@@H]1CN(C(=O)c2csc(Br)c2)CCN1.Cl. The molecule has 1 aliphatic rings. The van der Waals surface area contributed by atoms with Gasteiger partial charge in [0.15, 0.2) is 0 Å². The van der Waals surface area contributed by atoms with Crippen molar-refractivity contribution in [2.24, 2.45) is 0 Å². The van der Waals surface area contributed by atoms with Gasteiger partial charge in [0, 0.05) is 31.1 Å². The lowest BCUT2D eigenvalue weighted by Gasteiger charge is -2.31. The van der Waals surface area contributed by atoms with Gasteiger partial charge in [0.2, 0.25) is 0 Å². The summed E-state index contributed by atoms with van der Waals surface area (Å²) in [7, 11) is 0. The Labute approximate surface area is 114 Å². The molecule has 0 radical (unpaired) electrons. The summed E-state index contributed by atoms with van der Waals surface area (Å²) in [6.07, 6.45) is 0. The smallest absolute Gasteiger partial charge is 0.254 e. The Morgan fingerprint density at radius 2 is 2.44 bits per heavy atom. The first kappa shape index (κ1) is 14.0. The fourth-order valence-electron chi connectivity index (χ4n) is 1.72. The highest BCUT2D eigenvalue weighted by molar-refractivity contribution is 9.11. The van der Waals surface area contributed by atoms with Gasteiger partial charge in [-0.2, -0.15) is 0 Å². The molecule has 1 fully saturated rings. The maximum atomic E-state index is 12.0. The number of thiophene rings is 1. The first-order valence-corrected chi connectivity index (χ1v) is 6.61. The van der Waals surface area contributed by atoms with Crippen molar-refractivity contribution in [3.05, 3.63) is 20.8 Å². The zero-order chi connectivity index (χ0) is 10.8. The van der Waals surface area contributed by atoms with Gasteiger partial charge in [-0.05, 0) is 28.9 Å². The summed E-state index contributed by atoms with van der Waals surface area (Å²) in [5.74, 6) is 0.144. The number of amides is 1. The van der Waals surface area contributed by atoms with Crippen LogP contribution in [0.15, 0.2) is 15.2 Å². The lowest BCUT2D eigenvalue weighted by Crippen LogP contribution is -2.51. The minimum atomic E-state index is 0. The second kappa shape index (κ2) is 6.00. The summed E-state index contributed by atoms with van der Waals surface area (Å²) in [6.45, 7) is 4.59. The van der Waals surface area contributed by atoms with Crippen LogP contribution in [0.3, 0.4) is 0 Å². The zero-order valence-electron chi connectivity index (χ0n) is 8.90. The van der Waals surface area contributed by atoms with Crippen LogP contribution in [0.1, 0.15) is 17.3 Å². The van der Waals surface area contributed by atoms with Gasteiger partial charge in [-0.15, -0.1) is 23.7 Å². The highest BCUT2D eigenvalue weighted by atomic mass is 79.9. The van der Waals surface area contributed by atoms with E-state index in [1.165, 1.54) is 0 Å². The van der Waals surface area contributed by atoms with E-state index in [0.29, 0.717) is 6.04 Å². The fraction of sp³-hybridized carbons (Fsp3) is 0.500. The maximum Gasteiger partial charge on any atom is 0.254 e. The quantitative estimate of drug-likeness (QED) is 0.860. The van der Waals surface area contributed by atoms with Crippen LogP contribution >= 0.6 is 39.7 Å². The molecule has 1 amide bonds. The van der Waals surface area contributed by atoms with Crippen LogP contribution in [0.4, 0.5) is 0 Å². The summed E-state index contributed by atoms with van der Waals surface area (Å²) < 4.78 is 1.01. The number of nitrogens with zero attached hydrogens (tertiary/aromatic N) is 1. The molecule has 1 atom stereocenters. The molecule has 0 saturated carbocycles. The molecule has 90 valence electrons. The van der Waals surface area contributed by atoms with Crippen LogP contribution in [-0.4, -0.2) is 36.5 Å². The summed E-state index contributed by atoms with van der Waals surface area (Å²) in [5.41, 5.74) is 0.793. The molecule has 2 heterocycles. The first-order chi connectivity index (χ1) is 7.16. The third-order valence-corrected chi connectivity index (χ3v) is 3.97. The average molecular weight is 326 g/mol. The van der Waals surface area contributed by atoms with Gasteiger partial charge in [-0.25, -0.2) is 0 Å². The average Bonchev–Trinajstić information content (AvgIpc) is 2.64. The Balaban J connectivity index is 0.00000128. The van der Waals surface area contributed by atoms with E-state index in [1.54, 1.807) is 11.3 Å². The van der Waals surface area contributed by atoms with E-state index in [4.69, 9.17) is 0 Å². The van der Waals surface area contributed by atoms with Crippen molar-refractivity contribution in [2.75, 3.05) is 19.6 Å². The molecule has 0 aromatic carbocycles. The highest BCUT2D eigenvalue weighted by Gasteiger charge is 2.21. The molecule has 1 aliphatic heterocycles. The number of nitrogens with one attached hydrogen (secondary N) is 1. The van der Waals surface area contributed by atoms with Gasteiger partial charge in [0.05, 0.1) is 9.35 Å². The van der Waals surface area contributed by atoms with Gasteiger partial charge < -0.3 is 10.2 Å². The Bertz CT molecular complexity index is 371. The summed E-state index contributed by atoms with van der Waals surface area (Å²) in [5, 5.41) is 5.22. The molecule has 0 aliphatic carbocycles.